The maximum absolute atomic E-state index is 3.93. The van der Waals surface area contributed by atoms with Gasteiger partial charge in [-0.15, -0.1) is 0 Å². The molecule has 2 saturated carbocycles. The Bertz CT molecular complexity index is 505. The molecule has 0 aromatic heterocycles. The molecule has 2 bridgehead atoms. The van der Waals surface area contributed by atoms with Crippen LogP contribution in [0, 0.1) is 11.8 Å². The molecule has 0 radical (unpaired) electrons. The zero-order chi connectivity index (χ0) is 14.1. The Hall–Kier alpha value is -1.02. The van der Waals surface area contributed by atoms with Crippen molar-refractivity contribution in [2.24, 2.45) is 11.8 Å². The van der Waals surface area contributed by atoms with Gasteiger partial charge in [-0.2, -0.15) is 0 Å². The maximum Gasteiger partial charge on any atom is 0.246 e. The summed E-state index contributed by atoms with van der Waals surface area (Å²) in [6, 6.07) is 12.5. The van der Waals surface area contributed by atoms with Gasteiger partial charge in [-0.05, 0) is 56.9 Å². The third kappa shape index (κ3) is 3.32. The molecule has 2 saturated heterocycles. The van der Waals surface area contributed by atoms with Crippen LogP contribution >= 0.6 is 0 Å². The van der Waals surface area contributed by atoms with Crippen LogP contribution < -0.4 is 22.7 Å². The van der Waals surface area contributed by atoms with Crippen LogP contribution in [0.3, 0.4) is 0 Å². The van der Waals surface area contributed by atoms with E-state index in [-0.39, 0.29) is 12.4 Å². The summed E-state index contributed by atoms with van der Waals surface area (Å²) in [5.41, 5.74) is 1.50. The van der Waals surface area contributed by atoms with Crippen LogP contribution in [0.15, 0.2) is 30.3 Å². The molecule has 1 aromatic carbocycles. The summed E-state index contributed by atoms with van der Waals surface area (Å²) >= 11 is 0. The molecule has 5 rings (SSSR count). The second kappa shape index (κ2) is 7.04. The molecule has 2 atom stereocenters. The van der Waals surface area contributed by atoms with E-state index in [0.29, 0.717) is 6.04 Å². The molecule has 2 aliphatic heterocycles. The van der Waals surface area contributed by atoms with Gasteiger partial charge in [-0.1, -0.05) is 30.3 Å². The minimum Gasteiger partial charge on any atom is -1.00 e. The molecule has 2 aliphatic carbocycles. The quantitative estimate of drug-likeness (QED) is 0.738. The van der Waals surface area contributed by atoms with Gasteiger partial charge in [0, 0.05) is 5.92 Å². The summed E-state index contributed by atoms with van der Waals surface area (Å²) in [5, 5.41) is 3.77. The number of nitrogens with one attached hydrogen (secondary N) is 2. The Kier molecular flexibility index (Phi) is 5.07. The standard InChI is InChI=1S/C19H26N2.ClH/c1-2-5-14(6-3-1)13-16-7-4-8-18(16)21-19-15-9-11-17(20-19)12-10-15;/h1-3,5-6,15-18H,4,7-13H2,(H,20,21);1H/t15?,16-,17?,18-;/m1./s1. The van der Waals surface area contributed by atoms with Crippen molar-refractivity contribution in [2.45, 2.75) is 63.5 Å². The minimum absolute atomic E-state index is 0. The number of amidine groups is 1. The van der Waals surface area contributed by atoms with Crippen LogP contribution in [0.5, 0.6) is 0 Å². The van der Waals surface area contributed by atoms with Crippen LogP contribution in [0.2, 0.25) is 0 Å². The fraction of sp³-hybridized carbons (Fsp3) is 0.632. The van der Waals surface area contributed by atoms with Crippen molar-refractivity contribution in [1.82, 2.24) is 5.32 Å². The lowest BCUT2D eigenvalue weighted by Gasteiger charge is -2.34. The molecule has 22 heavy (non-hydrogen) atoms. The summed E-state index contributed by atoms with van der Waals surface area (Å²) in [6.07, 6.45) is 10.9. The van der Waals surface area contributed by atoms with E-state index in [9.17, 15) is 0 Å². The molecule has 0 unspecified atom stereocenters. The van der Waals surface area contributed by atoms with Gasteiger partial charge in [0.05, 0.1) is 18.0 Å². The highest BCUT2D eigenvalue weighted by atomic mass is 35.5. The van der Waals surface area contributed by atoms with E-state index in [0.717, 1.165) is 17.9 Å². The Labute approximate surface area is 140 Å². The van der Waals surface area contributed by atoms with E-state index in [2.05, 4.69) is 40.6 Å². The van der Waals surface area contributed by atoms with Crippen molar-refractivity contribution in [2.75, 3.05) is 0 Å². The van der Waals surface area contributed by atoms with Crippen LogP contribution in [0.1, 0.15) is 50.5 Å². The second-order valence-electron chi connectivity index (χ2n) is 7.24. The number of piperidine rings is 2. The fourth-order valence-electron chi connectivity index (χ4n) is 4.61. The third-order valence-corrected chi connectivity index (χ3v) is 5.84. The summed E-state index contributed by atoms with van der Waals surface area (Å²) in [7, 11) is 0. The summed E-state index contributed by atoms with van der Waals surface area (Å²) < 4.78 is 0. The van der Waals surface area contributed by atoms with Crippen molar-refractivity contribution >= 4 is 5.84 Å². The SMILES string of the molecule is [Cl-].c1ccc(C[C@H]2CCC[C@H]2[NH+]=C2NC3CCC2CC3)cc1. The van der Waals surface area contributed by atoms with Crippen LogP contribution in [0.25, 0.3) is 0 Å². The molecule has 0 amide bonds. The lowest BCUT2D eigenvalue weighted by atomic mass is 9.80. The second-order valence-corrected chi connectivity index (χ2v) is 7.24. The van der Waals surface area contributed by atoms with Crippen LogP contribution in [0.4, 0.5) is 0 Å². The highest BCUT2D eigenvalue weighted by molar-refractivity contribution is 5.81. The highest BCUT2D eigenvalue weighted by Gasteiger charge is 2.39. The van der Waals surface area contributed by atoms with E-state index in [1.54, 1.807) is 0 Å². The molecule has 3 heteroatoms. The number of hydrogen-bond acceptors (Lipinski definition) is 0. The van der Waals surface area contributed by atoms with Gasteiger partial charge >= 0.3 is 0 Å². The lowest BCUT2D eigenvalue weighted by molar-refractivity contribution is -0.515. The Morgan fingerprint density at radius 3 is 2.41 bits per heavy atom. The Morgan fingerprint density at radius 2 is 1.73 bits per heavy atom. The average molecular weight is 319 g/mol. The van der Waals surface area contributed by atoms with E-state index in [1.165, 1.54) is 62.8 Å². The van der Waals surface area contributed by atoms with Gasteiger partial charge in [-0.25, -0.2) is 0 Å². The van der Waals surface area contributed by atoms with Gasteiger partial charge < -0.3 is 12.4 Å². The lowest BCUT2D eigenvalue weighted by Crippen LogP contribution is -3.00. The molecule has 2 nitrogen and oxygen atoms in total. The van der Waals surface area contributed by atoms with E-state index < -0.39 is 0 Å². The average Bonchev–Trinajstić information content (AvgIpc) is 2.96. The van der Waals surface area contributed by atoms with E-state index in [1.807, 2.05) is 0 Å². The minimum atomic E-state index is 0. The zero-order valence-electron chi connectivity index (χ0n) is 13.2. The Morgan fingerprint density at radius 1 is 0.955 bits per heavy atom. The van der Waals surface area contributed by atoms with Crippen molar-refractivity contribution in [3.8, 4) is 0 Å². The molecule has 4 aliphatic rings. The summed E-state index contributed by atoms with van der Waals surface area (Å²) in [5.74, 6) is 3.09. The number of benzene rings is 1. The van der Waals surface area contributed by atoms with Gasteiger partial charge in [0.15, 0.2) is 0 Å². The van der Waals surface area contributed by atoms with Gasteiger partial charge in [0.25, 0.3) is 0 Å². The van der Waals surface area contributed by atoms with Crippen molar-refractivity contribution < 1.29 is 17.4 Å². The molecule has 4 fully saturated rings. The molecule has 1 aromatic rings. The first-order chi connectivity index (χ1) is 10.4. The maximum atomic E-state index is 3.93. The number of rotatable bonds is 3. The van der Waals surface area contributed by atoms with Crippen molar-refractivity contribution in [3.05, 3.63) is 35.9 Å². The highest BCUT2D eigenvalue weighted by Crippen LogP contribution is 2.30. The predicted octanol–water partition coefficient (Wildman–Crippen LogP) is -0.957. The van der Waals surface area contributed by atoms with E-state index in [4.69, 9.17) is 0 Å². The summed E-state index contributed by atoms with van der Waals surface area (Å²) in [6.45, 7) is 0. The van der Waals surface area contributed by atoms with Gasteiger partial charge in [-0.3, -0.25) is 10.3 Å². The number of fused-ring (bicyclic) bond motifs is 3. The first-order valence-corrected chi connectivity index (χ1v) is 8.82. The fourth-order valence-corrected chi connectivity index (χ4v) is 4.61. The van der Waals surface area contributed by atoms with Crippen molar-refractivity contribution in [1.29, 1.82) is 0 Å². The van der Waals surface area contributed by atoms with Crippen LogP contribution in [-0.2, 0) is 6.42 Å². The topological polar surface area (TPSA) is 26.0 Å². The van der Waals surface area contributed by atoms with Gasteiger partial charge in [0.1, 0.15) is 0 Å². The number of hydrogen-bond donors (Lipinski definition) is 2. The number of halogens is 1. The molecular formula is C19H27ClN2. The van der Waals surface area contributed by atoms with Crippen molar-refractivity contribution in [3.63, 3.8) is 0 Å². The smallest absolute Gasteiger partial charge is 0.246 e. The Balaban J connectivity index is 0.00000144. The summed E-state index contributed by atoms with van der Waals surface area (Å²) in [4.78, 5) is 3.93. The van der Waals surface area contributed by atoms with E-state index >= 15 is 0 Å². The van der Waals surface area contributed by atoms with Gasteiger partial charge in [0.2, 0.25) is 5.84 Å². The monoisotopic (exact) mass is 318 g/mol. The normalized spacial score (nSPS) is 35.2. The first-order valence-electron chi connectivity index (χ1n) is 8.82. The molecule has 120 valence electrons. The molecular weight excluding hydrogens is 292 g/mol. The molecule has 2 heterocycles. The largest absolute Gasteiger partial charge is 1.00 e. The molecule has 0 spiro atoms. The first kappa shape index (κ1) is 15.9. The molecule has 2 N–H and O–H groups in total. The van der Waals surface area contributed by atoms with Crippen LogP contribution in [-0.4, -0.2) is 17.9 Å². The zero-order valence-corrected chi connectivity index (χ0v) is 14.0. The third-order valence-electron chi connectivity index (χ3n) is 5.84. The predicted molar refractivity (Wildman–Crippen MR) is 86.1 cm³/mol.